The van der Waals surface area contributed by atoms with Gasteiger partial charge < -0.3 is 0 Å². The number of hydrazine groups is 1. The minimum absolute atomic E-state index is 0.318. The van der Waals surface area contributed by atoms with Crippen molar-refractivity contribution in [2.75, 3.05) is 0 Å². The van der Waals surface area contributed by atoms with Crippen LogP contribution < -0.4 is 11.3 Å². The highest BCUT2D eigenvalue weighted by molar-refractivity contribution is 7.11. The third-order valence-corrected chi connectivity index (χ3v) is 4.43. The van der Waals surface area contributed by atoms with Crippen LogP contribution in [0.15, 0.2) is 0 Å². The van der Waals surface area contributed by atoms with Crippen LogP contribution >= 0.6 is 11.3 Å². The molecule has 0 saturated heterocycles. The molecule has 1 atom stereocenters. The van der Waals surface area contributed by atoms with Crippen molar-refractivity contribution in [3.63, 3.8) is 0 Å². The van der Waals surface area contributed by atoms with Crippen molar-refractivity contribution < 1.29 is 0 Å². The van der Waals surface area contributed by atoms with Gasteiger partial charge in [-0.1, -0.05) is 12.8 Å². The zero-order valence-corrected chi connectivity index (χ0v) is 10.2. The zero-order chi connectivity index (χ0) is 10.8. The summed E-state index contributed by atoms with van der Waals surface area (Å²) in [4.78, 5) is 5.81. The maximum atomic E-state index is 5.69. The summed E-state index contributed by atoms with van der Waals surface area (Å²) < 4.78 is 0. The molecule has 3 N–H and O–H groups in total. The van der Waals surface area contributed by atoms with E-state index in [9.17, 15) is 0 Å². The number of nitrogens with zero attached hydrogens (tertiary/aromatic N) is 1. The number of nitrogens with two attached hydrogens (primary N) is 1. The summed E-state index contributed by atoms with van der Waals surface area (Å²) in [6.45, 7) is 4.14. The standard InChI is InChI=1S/C11H19N3S/c1-7-11(15-8(2)13-7)10(14-12)9-5-3-4-6-9/h9-10,14H,3-6,12H2,1-2H3. The minimum Gasteiger partial charge on any atom is -0.271 e. The SMILES string of the molecule is Cc1nc(C)c(C(NN)C2CCCC2)s1. The number of rotatable bonds is 3. The molecule has 0 radical (unpaired) electrons. The maximum absolute atomic E-state index is 5.69. The van der Waals surface area contributed by atoms with Gasteiger partial charge in [0.05, 0.1) is 16.7 Å². The molecule has 1 fully saturated rings. The minimum atomic E-state index is 0.318. The van der Waals surface area contributed by atoms with E-state index in [2.05, 4.69) is 24.3 Å². The first-order chi connectivity index (χ1) is 7.22. The first kappa shape index (κ1) is 11.0. The van der Waals surface area contributed by atoms with Gasteiger partial charge in [0.1, 0.15) is 0 Å². The van der Waals surface area contributed by atoms with Gasteiger partial charge in [0.25, 0.3) is 0 Å². The highest BCUT2D eigenvalue weighted by Crippen LogP contribution is 2.38. The molecule has 84 valence electrons. The second kappa shape index (κ2) is 4.60. The first-order valence-electron chi connectivity index (χ1n) is 5.62. The molecule has 3 nitrogen and oxygen atoms in total. The lowest BCUT2D eigenvalue weighted by atomic mass is 9.97. The van der Waals surface area contributed by atoms with E-state index in [4.69, 9.17) is 5.84 Å². The molecule has 1 aliphatic carbocycles. The van der Waals surface area contributed by atoms with Gasteiger partial charge in [-0.2, -0.15) is 0 Å². The first-order valence-corrected chi connectivity index (χ1v) is 6.44. The molecule has 0 bridgehead atoms. The van der Waals surface area contributed by atoms with Crippen molar-refractivity contribution >= 4 is 11.3 Å². The van der Waals surface area contributed by atoms with Crippen LogP contribution in [0.25, 0.3) is 0 Å². The fraction of sp³-hybridized carbons (Fsp3) is 0.727. The molecule has 0 aromatic carbocycles. The van der Waals surface area contributed by atoms with E-state index in [0.717, 1.165) is 10.7 Å². The predicted octanol–water partition coefficient (Wildman–Crippen LogP) is 2.45. The van der Waals surface area contributed by atoms with E-state index < -0.39 is 0 Å². The molecule has 1 unspecified atom stereocenters. The molecule has 2 rings (SSSR count). The monoisotopic (exact) mass is 225 g/mol. The largest absolute Gasteiger partial charge is 0.271 e. The normalized spacial score (nSPS) is 19.7. The van der Waals surface area contributed by atoms with E-state index in [1.807, 2.05) is 0 Å². The van der Waals surface area contributed by atoms with Crippen molar-refractivity contribution in [1.82, 2.24) is 10.4 Å². The summed E-state index contributed by atoms with van der Waals surface area (Å²) in [6, 6.07) is 0.318. The number of hydrogen-bond donors (Lipinski definition) is 2. The van der Waals surface area contributed by atoms with Gasteiger partial charge in [0, 0.05) is 4.88 Å². The fourth-order valence-corrected chi connectivity index (χ4v) is 3.63. The molecule has 1 aromatic heterocycles. The second-order valence-electron chi connectivity index (χ2n) is 4.37. The lowest BCUT2D eigenvalue weighted by Crippen LogP contribution is -2.32. The molecule has 0 spiro atoms. The maximum Gasteiger partial charge on any atom is 0.0900 e. The summed E-state index contributed by atoms with van der Waals surface area (Å²) in [5.41, 5.74) is 4.13. The van der Waals surface area contributed by atoms with Gasteiger partial charge in [0.15, 0.2) is 0 Å². The summed E-state index contributed by atoms with van der Waals surface area (Å²) in [5, 5.41) is 1.14. The predicted molar refractivity (Wildman–Crippen MR) is 63.6 cm³/mol. The Labute approximate surface area is 95.1 Å². The summed E-state index contributed by atoms with van der Waals surface area (Å²) in [7, 11) is 0. The lowest BCUT2D eigenvalue weighted by molar-refractivity contribution is 0.377. The van der Waals surface area contributed by atoms with Crippen LogP contribution in [0, 0.1) is 19.8 Å². The van der Waals surface area contributed by atoms with Crippen LogP contribution in [-0.4, -0.2) is 4.98 Å². The van der Waals surface area contributed by atoms with Crippen LogP contribution in [0.5, 0.6) is 0 Å². The zero-order valence-electron chi connectivity index (χ0n) is 9.42. The highest BCUT2D eigenvalue weighted by Gasteiger charge is 2.28. The quantitative estimate of drug-likeness (QED) is 0.613. The van der Waals surface area contributed by atoms with Crippen LogP contribution in [0.2, 0.25) is 0 Å². The molecule has 15 heavy (non-hydrogen) atoms. The molecule has 0 amide bonds. The van der Waals surface area contributed by atoms with Gasteiger partial charge >= 0.3 is 0 Å². The van der Waals surface area contributed by atoms with Crippen molar-refractivity contribution in [2.45, 2.75) is 45.6 Å². The Kier molecular flexibility index (Phi) is 3.38. The topological polar surface area (TPSA) is 50.9 Å². The average Bonchev–Trinajstić information content (AvgIpc) is 2.79. The Balaban J connectivity index is 2.21. The number of aryl methyl sites for hydroxylation is 2. The Morgan fingerprint density at radius 3 is 2.53 bits per heavy atom. The third-order valence-electron chi connectivity index (χ3n) is 3.27. The van der Waals surface area contributed by atoms with Gasteiger partial charge in [-0.25, -0.2) is 4.98 Å². The van der Waals surface area contributed by atoms with Crippen molar-refractivity contribution in [3.05, 3.63) is 15.6 Å². The Morgan fingerprint density at radius 2 is 2.07 bits per heavy atom. The van der Waals surface area contributed by atoms with Gasteiger partial charge in [-0.3, -0.25) is 11.3 Å². The highest BCUT2D eigenvalue weighted by atomic mass is 32.1. The van der Waals surface area contributed by atoms with Crippen LogP contribution in [0.1, 0.15) is 47.3 Å². The lowest BCUT2D eigenvalue weighted by Gasteiger charge is -2.21. The number of thiazole rings is 1. The Hall–Kier alpha value is -0.450. The van der Waals surface area contributed by atoms with Crippen LogP contribution in [0.3, 0.4) is 0 Å². The molecule has 1 saturated carbocycles. The van der Waals surface area contributed by atoms with Gasteiger partial charge in [0.2, 0.25) is 0 Å². The summed E-state index contributed by atoms with van der Waals surface area (Å²) in [6.07, 6.45) is 5.29. The van der Waals surface area contributed by atoms with Crippen LogP contribution in [-0.2, 0) is 0 Å². The third kappa shape index (κ3) is 2.22. The molecular formula is C11H19N3S. The number of aromatic nitrogens is 1. The van der Waals surface area contributed by atoms with Gasteiger partial charge in [-0.15, -0.1) is 11.3 Å². The van der Waals surface area contributed by atoms with Crippen molar-refractivity contribution in [3.8, 4) is 0 Å². The van der Waals surface area contributed by atoms with Gasteiger partial charge in [-0.05, 0) is 32.6 Å². The smallest absolute Gasteiger partial charge is 0.0900 e. The Morgan fingerprint density at radius 1 is 1.40 bits per heavy atom. The summed E-state index contributed by atoms with van der Waals surface area (Å²) in [5.74, 6) is 6.39. The average molecular weight is 225 g/mol. The molecule has 1 aliphatic rings. The number of hydrogen-bond acceptors (Lipinski definition) is 4. The van der Waals surface area contributed by atoms with E-state index in [-0.39, 0.29) is 0 Å². The second-order valence-corrected chi connectivity index (χ2v) is 5.61. The molecule has 1 aromatic rings. The van der Waals surface area contributed by atoms with Crippen LogP contribution in [0.4, 0.5) is 0 Å². The van der Waals surface area contributed by atoms with E-state index >= 15 is 0 Å². The molecule has 4 heteroatoms. The molecular weight excluding hydrogens is 206 g/mol. The fourth-order valence-electron chi connectivity index (χ4n) is 2.55. The molecule has 0 aliphatic heterocycles. The molecule has 1 heterocycles. The summed E-state index contributed by atoms with van der Waals surface area (Å²) >= 11 is 1.78. The van der Waals surface area contributed by atoms with E-state index in [1.165, 1.54) is 30.6 Å². The van der Waals surface area contributed by atoms with E-state index in [0.29, 0.717) is 12.0 Å². The van der Waals surface area contributed by atoms with Crippen molar-refractivity contribution in [2.24, 2.45) is 11.8 Å². The Bertz CT molecular complexity index is 329. The van der Waals surface area contributed by atoms with Crippen molar-refractivity contribution in [1.29, 1.82) is 0 Å². The van der Waals surface area contributed by atoms with E-state index in [1.54, 1.807) is 11.3 Å². The number of nitrogens with one attached hydrogen (secondary N) is 1.